The number of hydrogen-bond acceptors (Lipinski definition) is 0. The first-order chi connectivity index (χ1) is 10.0. The lowest BCUT2D eigenvalue weighted by Crippen LogP contribution is -2.46. The molecule has 1 aromatic rings. The maximum absolute atomic E-state index is 6.90. The van der Waals surface area contributed by atoms with Crippen molar-refractivity contribution in [1.82, 2.24) is 0 Å². The molecule has 21 heavy (non-hydrogen) atoms. The average molecular weight is 303 g/mol. The number of benzene rings is 1. The first-order valence-corrected chi connectivity index (χ1v) is 9.18. The molecule has 0 radical (unpaired) electrons. The van der Waals surface area contributed by atoms with E-state index < -0.39 is 0 Å². The Labute approximate surface area is 134 Å². The number of halogens is 1. The van der Waals surface area contributed by atoms with Gasteiger partial charge in [-0.25, -0.2) is 0 Å². The summed E-state index contributed by atoms with van der Waals surface area (Å²) in [7, 11) is 0. The van der Waals surface area contributed by atoms with Gasteiger partial charge in [0.15, 0.2) is 0 Å². The maximum atomic E-state index is 6.90. The largest absolute Gasteiger partial charge is 0.118 e. The summed E-state index contributed by atoms with van der Waals surface area (Å²) in [6.07, 6.45) is 10.2. The Morgan fingerprint density at radius 3 is 2.14 bits per heavy atom. The van der Waals surface area contributed by atoms with Crippen LogP contribution in [0.25, 0.3) is 0 Å². The molecule has 114 valence electrons. The van der Waals surface area contributed by atoms with Gasteiger partial charge in [0, 0.05) is 0 Å². The van der Waals surface area contributed by atoms with Crippen molar-refractivity contribution in [3.05, 3.63) is 34.9 Å². The predicted octanol–water partition coefficient (Wildman–Crippen LogP) is 6.19. The lowest BCUT2D eigenvalue weighted by atomic mass is 9.48. The molecule has 0 spiro atoms. The van der Waals surface area contributed by atoms with Crippen molar-refractivity contribution in [1.29, 1.82) is 0 Å². The molecule has 1 unspecified atom stereocenters. The highest BCUT2D eigenvalue weighted by atomic mass is 35.5. The monoisotopic (exact) mass is 302 g/mol. The van der Waals surface area contributed by atoms with Gasteiger partial charge in [-0.1, -0.05) is 23.8 Å². The van der Waals surface area contributed by atoms with Gasteiger partial charge in [-0.05, 0) is 93.1 Å². The lowest BCUT2D eigenvalue weighted by molar-refractivity contribution is -0.0576. The topological polar surface area (TPSA) is 0 Å². The predicted molar refractivity (Wildman–Crippen MR) is 89.7 cm³/mol. The van der Waals surface area contributed by atoms with E-state index in [1.165, 1.54) is 61.6 Å². The molecule has 1 atom stereocenters. The quantitative estimate of drug-likeness (QED) is 0.584. The fraction of sp³-hybridized carbons (Fsp3) is 0.700. The van der Waals surface area contributed by atoms with Gasteiger partial charge in [-0.3, -0.25) is 0 Å². The molecule has 0 aromatic heterocycles. The zero-order valence-corrected chi connectivity index (χ0v) is 14.1. The second-order valence-corrected chi connectivity index (χ2v) is 8.98. The highest BCUT2D eigenvalue weighted by Gasteiger charge is 2.51. The van der Waals surface area contributed by atoms with Crippen LogP contribution in [0.2, 0.25) is 0 Å². The Hall–Kier alpha value is -0.490. The second kappa shape index (κ2) is 5.01. The summed E-state index contributed by atoms with van der Waals surface area (Å²) < 4.78 is 0. The maximum Gasteiger partial charge on any atom is 0.0593 e. The molecule has 0 saturated heterocycles. The highest BCUT2D eigenvalue weighted by Crippen LogP contribution is 2.62. The van der Waals surface area contributed by atoms with Gasteiger partial charge in [0.25, 0.3) is 0 Å². The number of rotatable bonds is 3. The van der Waals surface area contributed by atoms with E-state index in [0.717, 1.165) is 17.8 Å². The van der Waals surface area contributed by atoms with Crippen molar-refractivity contribution in [2.45, 2.75) is 64.2 Å². The Kier molecular flexibility index (Phi) is 3.37. The molecule has 4 fully saturated rings. The molecule has 0 nitrogen and oxygen atoms in total. The number of aryl methyl sites for hydroxylation is 2. The van der Waals surface area contributed by atoms with E-state index in [0.29, 0.717) is 5.41 Å². The molecule has 4 saturated carbocycles. The number of hydrogen-bond donors (Lipinski definition) is 0. The summed E-state index contributed by atoms with van der Waals surface area (Å²) in [4.78, 5) is 0. The third-order valence-electron chi connectivity index (χ3n) is 6.54. The van der Waals surface area contributed by atoms with Crippen molar-refractivity contribution in [2.24, 2.45) is 23.2 Å². The standard InChI is InChI=1S/C20H27Cl/c1-13-3-4-18(14(2)5-13)19(21)12-20-9-15-6-16(10-20)8-17(7-15)11-20/h3-5,15-17,19H,6-12H2,1-2H3. The zero-order valence-electron chi connectivity index (χ0n) is 13.4. The third-order valence-corrected chi connectivity index (χ3v) is 6.93. The Balaban J connectivity index is 1.55. The van der Waals surface area contributed by atoms with E-state index in [2.05, 4.69) is 32.0 Å². The van der Waals surface area contributed by atoms with Crippen LogP contribution in [-0.4, -0.2) is 0 Å². The van der Waals surface area contributed by atoms with Crippen molar-refractivity contribution in [3.63, 3.8) is 0 Å². The van der Waals surface area contributed by atoms with E-state index in [4.69, 9.17) is 11.6 Å². The summed E-state index contributed by atoms with van der Waals surface area (Å²) in [6, 6.07) is 6.77. The normalized spacial score (nSPS) is 38.7. The minimum atomic E-state index is 0.210. The Morgan fingerprint density at radius 1 is 1.05 bits per heavy atom. The molecule has 1 aromatic carbocycles. The zero-order chi connectivity index (χ0) is 14.6. The molecule has 0 amide bonds. The van der Waals surface area contributed by atoms with E-state index in [9.17, 15) is 0 Å². The fourth-order valence-corrected chi connectivity index (χ4v) is 6.78. The van der Waals surface area contributed by atoms with Gasteiger partial charge in [0.1, 0.15) is 0 Å². The third kappa shape index (κ3) is 2.54. The molecule has 5 rings (SSSR count). The van der Waals surface area contributed by atoms with Crippen LogP contribution in [0.1, 0.15) is 67.0 Å². The van der Waals surface area contributed by atoms with Crippen LogP contribution in [0.4, 0.5) is 0 Å². The van der Waals surface area contributed by atoms with Crippen molar-refractivity contribution in [2.75, 3.05) is 0 Å². The average Bonchev–Trinajstić information content (AvgIpc) is 2.35. The molecule has 0 N–H and O–H groups in total. The van der Waals surface area contributed by atoms with E-state index >= 15 is 0 Å². The van der Waals surface area contributed by atoms with Gasteiger partial charge < -0.3 is 0 Å². The Bertz CT molecular complexity index is 509. The molecule has 1 heteroatoms. The fourth-order valence-electron chi connectivity index (χ4n) is 6.21. The summed E-state index contributed by atoms with van der Waals surface area (Å²) >= 11 is 6.90. The first-order valence-electron chi connectivity index (χ1n) is 8.74. The van der Waals surface area contributed by atoms with Crippen LogP contribution >= 0.6 is 11.6 Å². The van der Waals surface area contributed by atoms with Crippen LogP contribution in [0.15, 0.2) is 18.2 Å². The summed E-state index contributed by atoms with van der Waals surface area (Å²) in [5, 5.41) is 0.210. The van der Waals surface area contributed by atoms with Crippen molar-refractivity contribution >= 4 is 11.6 Å². The molecule has 4 aliphatic rings. The highest BCUT2D eigenvalue weighted by molar-refractivity contribution is 6.20. The Morgan fingerprint density at radius 2 is 1.62 bits per heavy atom. The van der Waals surface area contributed by atoms with Gasteiger partial charge in [0.05, 0.1) is 5.38 Å². The van der Waals surface area contributed by atoms with Gasteiger partial charge in [0.2, 0.25) is 0 Å². The summed E-state index contributed by atoms with van der Waals surface area (Å²) in [6.45, 7) is 4.39. The molecule has 0 heterocycles. The van der Waals surface area contributed by atoms with Crippen molar-refractivity contribution < 1.29 is 0 Å². The smallest absolute Gasteiger partial charge is 0.0593 e. The van der Waals surface area contributed by atoms with Crippen LogP contribution < -0.4 is 0 Å². The van der Waals surface area contributed by atoms with Gasteiger partial charge in [-0.2, -0.15) is 0 Å². The SMILES string of the molecule is Cc1ccc(C(Cl)CC23CC4CC(CC(C4)C2)C3)c(C)c1. The molecule has 4 bridgehead atoms. The van der Waals surface area contributed by atoms with E-state index in [1.807, 2.05) is 0 Å². The van der Waals surface area contributed by atoms with Crippen LogP contribution in [0.3, 0.4) is 0 Å². The minimum Gasteiger partial charge on any atom is -0.118 e. The van der Waals surface area contributed by atoms with Crippen molar-refractivity contribution in [3.8, 4) is 0 Å². The lowest BCUT2D eigenvalue weighted by Gasteiger charge is -2.57. The van der Waals surface area contributed by atoms with Crippen LogP contribution in [0.5, 0.6) is 0 Å². The van der Waals surface area contributed by atoms with Crippen LogP contribution in [0, 0.1) is 37.0 Å². The van der Waals surface area contributed by atoms with Gasteiger partial charge in [-0.15, -0.1) is 11.6 Å². The van der Waals surface area contributed by atoms with Gasteiger partial charge >= 0.3 is 0 Å². The minimum absolute atomic E-state index is 0.210. The molecular formula is C20H27Cl. The van der Waals surface area contributed by atoms with E-state index in [-0.39, 0.29) is 5.38 Å². The molecule has 0 aliphatic heterocycles. The summed E-state index contributed by atoms with van der Waals surface area (Å²) in [5.41, 5.74) is 4.67. The first kappa shape index (κ1) is 14.1. The molecular weight excluding hydrogens is 276 g/mol. The van der Waals surface area contributed by atoms with Crippen LogP contribution in [-0.2, 0) is 0 Å². The summed E-state index contributed by atoms with van der Waals surface area (Å²) in [5.74, 6) is 3.08. The molecule has 4 aliphatic carbocycles. The number of alkyl halides is 1. The van der Waals surface area contributed by atoms with E-state index in [1.54, 1.807) is 0 Å². The second-order valence-electron chi connectivity index (χ2n) is 8.45.